The van der Waals surface area contributed by atoms with Crippen molar-refractivity contribution in [2.24, 2.45) is 5.92 Å². The lowest BCUT2D eigenvalue weighted by Gasteiger charge is -2.22. The molecule has 2 aliphatic rings. The molecule has 29 heavy (non-hydrogen) atoms. The zero-order valence-electron chi connectivity index (χ0n) is 16.0. The van der Waals surface area contributed by atoms with Crippen LogP contribution < -0.4 is 15.5 Å². The number of hydrogen-bond acceptors (Lipinski definition) is 4. The fourth-order valence-corrected chi connectivity index (χ4v) is 3.88. The van der Waals surface area contributed by atoms with Crippen LogP contribution in [0.3, 0.4) is 0 Å². The molecule has 0 unspecified atom stereocenters. The molecule has 2 aromatic carbocycles. The van der Waals surface area contributed by atoms with Gasteiger partial charge in [0.2, 0.25) is 5.91 Å². The van der Waals surface area contributed by atoms with Gasteiger partial charge in [-0.3, -0.25) is 14.4 Å². The van der Waals surface area contributed by atoms with Crippen molar-refractivity contribution in [2.45, 2.75) is 25.7 Å². The molecule has 0 radical (unpaired) electrons. The Labute approximate surface area is 176 Å². The molecule has 0 spiro atoms. The highest BCUT2D eigenvalue weighted by atomic mass is 35.5. The third-order valence-corrected chi connectivity index (χ3v) is 5.42. The van der Waals surface area contributed by atoms with E-state index in [0.717, 1.165) is 37.3 Å². The number of fused-ring (bicyclic) bond motifs is 1. The summed E-state index contributed by atoms with van der Waals surface area (Å²) in [4.78, 5) is 38.7. The summed E-state index contributed by atoms with van der Waals surface area (Å²) in [5.74, 6) is -0.125. The van der Waals surface area contributed by atoms with E-state index in [1.807, 2.05) is 0 Å². The number of rotatable bonds is 5. The SMILES string of the molecule is Cl.O=C(CCC1CCNCC1)Nc1cccc(N2C(=O)c3ccccc3C2=O)c1. The highest BCUT2D eigenvalue weighted by Gasteiger charge is 2.36. The van der Waals surface area contributed by atoms with Gasteiger partial charge in [-0.2, -0.15) is 0 Å². The Kier molecular flexibility index (Phi) is 6.67. The Balaban J connectivity index is 0.00000240. The number of amides is 3. The molecular weight excluding hydrogens is 390 g/mol. The normalized spacial score (nSPS) is 16.3. The molecule has 0 aromatic heterocycles. The van der Waals surface area contributed by atoms with E-state index in [9.17, 15) is 14.4 Å². The molecule has 2 heterocycles. The van der Waals surface area contributed by atoms with Crippen molar-refractivity contribution in [3.05, 3.63) is 59.7 Å². The van der Waals surface area contributed by atoms with Crippen molar-refractivity contribution in [3.63, 3.8) is 0 Å². The van der Waals surface area contributed by atoms with Gasteiger partial charge in [-0.15, -0.1) is 12.4 Å². The number of nitrogens with one attached hydrogen (secondary N) is 2. The van der Waals surface area contributed by atoms with Gasteiger partial charge in [-0.25, -0.2) is 4.90 Å². The van der Waals surface area contributed by atoms with E-state index in [-0.39, 0.29) is 30.1 Å². The molecule has 0 saturated carbocycles. The maximum atomic E-state index is 12.6. The second kappa shape index (κ2) is 9.20. The average Bonchev–Trinajstić information content (AvgIpc) is 2.98. The largest absolute Gasteiger partial charge is 0.326 e. The van der Waals surface area contributed by atoms with E-state index in [1.54, 1.807) is 48.5 Å². The van der Waals surface area contributed by atoms with E-state index in [2.05, 4.69) is 10.6 Å². The molecule has 152 valence electrons. The van der Waals surface area contributed by atoms with Crippen molar-refractivity contribution in [2.75, 3.05) is 23.3 Å². The third kappa shape index (κ3) is 4.49. The molecule has 0 atom stereocenters. The molecule has 1 fully saturated rings. The summed E-state index contributed by atoms with van der Waals surface area (Å²) in [6, 6.07) is 13.7. The predicted octanol–water partition coefficient (Wildman–Crippen LogP) is 3.63. The van der Waals surface area contributed by atoms with E-state index in [0.29, 0.717) is 34.8 Å². The van der Waals surface area contributed by atoms with Crippen LogP contribution in [-0.2, 0) is 4.79 Å². The molecule has 2 aliphatic heterocycles. The number of carbonyl (C=O) groups excluding carboxylic acids is 3. The number of imide groups is 1. The van der Waals surface area contributed by atoms with Crippen LogP contribution in [0.2, 0.25) is 0 Å². The molecule has 3 amide bonds. The Morgan fingerprint density at radius 2 is 1.66 bits per heavy atom. The first-order chi connectivity index (χ1) is 13.6. The third-order valence-electron chi connectivity index (χ3n) is 5.42. The van der Waals surface area contributed by atoms with Gasteiger partial charge in [-0.1, -0.05) is 18.2 Å². The molecule has 1 saturated heterocycles. The maximum Gasteiger partial charge on any atom is 0.266 e. The summed E-state index contributed by atoms with van der Waals surface area (Å²) >= 11 is 0. The number of halogens is 1. The molecule has 0 aliphatic carbocycles. The minimum atomic E-state index is -0.338. The first-order valence-electron chi connectivity index (χ1n) is 9.72. The molecule has 6 nitrogen and oxygen atoms in total. The zero-order valence-corrected chi connectivity index (χ0v) is 16.8. The monoisotopic (exact) mass is 413 g/mol. The number of piperidine rings is 1. The number of carbonyl (C=O) groups is 3. The van der Waals surface area contributed by atoms with Gasteiger partial charge in [0.1, 0.15) is 0 Å². The number of hydrogen-bond donors (Lipinski definition) is 2. The van der Waals surface area contributed by atoms with Gasteiger partial charge in [0.05, 0.1) is 16.8 Å². The quantitative estimate of drug-likeness (QED) is 0.734. The minimum absolute atomic E-state index is 0. The topological polar surface area (TPSA) is 78.5 Å². The summed E-state index contributed by atoms with van der Waals surface area (Å²) < 4.78 is 0. The Hall–Kier alpha value is -2.70. The van der Waals surface area contributed by atoms with Crippen LogP contribution in [0.5, 0.6) is 0 Å². The van der Waals surface area contributed by atoms with Crippen LogP contribution in [-0.4, -0.2) is 30.8 Å². The van der Waals surface area contributed by atoms with E-state index < -0.39 is 0 Å². The highest BCUT2D eigenvalue weighted by molar-refractivity contribution is 6.34. The van der Waals surface area contributed by atoms with Gasteiger partial charge in [0.25, 0.3) is 11.8 Å². The maximum absolute atomic E-state index is 12.6. The van der Waals surface area contributed by atoms with Gasteiger partial charge in [0.15, 0.2) is 0 Å². The van der Waals surface area contributed by atoms with Crippen LogP contribution in [0.1, 0.15) is 46.4 Å². The number of anilines is 2. The van der Waals surface area contributed by atoms with Gasteiger partial charge < -0.3 is 10.6 Å². The van der Waals surface area contributed by atoms with Crippen LogP contribution in [0.15, 0.2) is 48.5 Å². The molecule has 2 N–H and O–H groups in total. The summed E-state index contributed by atoms with van der Waals surface area (Å²) in [6.07, 6.45) is 3.58. The standard InChI is InChI=1S/C22H23N3O3.ClH/c26-20(9-8-15-10-12-23-13-11-15)24-16-4-3-5-17(14-16)25-21(27)18-6-1-2-7-19(18)22(25)28;/h1-7,14-15,23H,8-13H2,(H,24,26);1H. The Morgan fingerprint density at radius 3 is 2.31 bits per heavy atom. The first-order valence-corrected chi connectivity index (χ1v) is 9.72. The van der Waals surface area contributed by atoms with Crippen LogP contribution in [0, 0.1) is 5.92 Å². The molecular formula is C22H24ClN3O3. The number of nitrogens with zero attached hydrogens (tertiary/aromatic N) is 1. The van der Waals surface area contributed by atoms with Gasteiger partial charge in [0, 0.05) is 12.1 Å². The van der Waals surface area contributed by atoms with Crippen LogP contribution in [0.4, 0.5) is 11.4 Å². The Morgan fingerprint density at radius 1 is 1.00 bits per heavy atom. The lowest BCUT2D eigenvalue weighted by atomic mass is 9.93. The first kappa shape index (κ1) is 21.0. The second-order valence-electron chi connectivity index (χ2n) is 7.32. The minimum Gasteiger partial charge on any atom is -0.326 e. The lowest BCUT2D eigenvalue weighted by molar-refractivity contribution is -0.116. The van der Waals surface area contributed by atoms with E-state index in [1.165, 1.54) is 0 Å². The summed E-state index contributed by atoms with van der Waals surface area (Å²) in [5, 5.41) is 6.22. The second-order valence-corrected chi connectivity index (χ2v) is 7.32. The summed E-state index contributed by atoms with van der Waals surface area (Å²) in [6.45, 7) is 2.04. The molecule has 2 aromatic rings. The highest BCUT2D eigenvalue weighted by Crippen LogP contribution is 2.29. The molecule has 7 heteroatoms. The number of benzene rings is 2. The van der Waals surface area contributed by atoms with Crippen molar-refractivity contribution in [3.8, 4) is 0 Å². The smallest absolute Gasteiger partial charge is 0.266 e. The lowest BCUT2D eigenvalue weighted by Crippen LogP contribution is -2.29. The summed E-state index contributed by atoms with van der Waals surface area (Å²) in [7, 11) is 0. The zero-order chi connectivity index (χ0) is 19.5. The van der Waals surface area contributed by atoms with E-state index in [4.69, 9.17) is 0 Å². The van der Waals surface area contributed by atoms with Crippen molar-refractivity contribution < 1.29 is 14.4 Å². The van der Waals surface area contributed by atoms with Gasteiger partial charge >= 0.3 is 0 Å². The average molecular weight is 414 g/mol. The predicted molar refractivity (Wildman–Crippen MR) is 115 cm³/mol. The van der Waals surface area contributed by atoms with Gasteiger partial charge in [-0.05, 0) is 68.6 Å². The molecule has 4 rings (SSSR count). The summed E-state index contributed by atoms with van der Waals surface area (Å²) in [5.41, 5.74) is 1.86. The van der Waals surface area contributed by atoms with Crippen LogP contribution in [0.25, 0.3) is 0 Å². The van der Waals surface area contributed by atoms with Crippen molar-refractivity contribution in [1.29, 1.82) is 0 Å². The van der Waals surface area contributed by atoms with E-state index >= 15 is 0 Å². The molecule has 0 bridgehead atoms. The van der Waals surface area contributed by atoms with Crippen molar-refractivity contribution in [1.82, 2.24) is 5.32 Å². The van der Waals surface area contributed by atoms with Crippen LogP contribution >= 0.6 is 12.4 Å². The fourth-order valence-electron chi connectivity index (χ4n) is 3.88. The fraction of sp³-hybridized carbons (Fsp3) is 0.318. The Bertz CT molecular complexity index is 890. The van der Waals surface area contributed by atoms with Crippen molar-refractivity contribution >= 4 is 41.5 Å².